The van der Waals surface area contributed by atoms with Gasteiger partial charge in [-0.05, 0) is 5.56 Å². The molecule has 0 radical (unpaired) electrons. The van der Waals surface area contributed by atoms with E-state index in [2.05, 4.69) is 4.74 Å². The van der Waals surface area contributed by atoms with Crippen molar-refractivity contribution in [3.8, 4) is 0 Å². The van der Waals surface area contributed by atoms with Gasteiger partial charge in [-0.3, -0.25) is 24.1 Å². The highest BCUT2D eigenvalue weighted by molar-refractivity contribution is 6.07. The highest BCUT2D eigenvalue weighted by Gasteiger charge is 2.58. The van der Waals surface area contributed by atoms with Gasteiger partial charge in [-0.25, -0.2) is 0 Å². The predicted molar refractivity (Wildman–Crippen MR) is 78.7 cm³/mol. The number of imide groups is 1. The molecule has 23 heavy (non-hydrogen) atoms. The maximum atomic E-state index is 12.4. The molecule has 3 rings (SSSR count). The molecule has 0 N–H and O–H groups in total. The Morgan fingerprint density at radius 1 is 1.22 bits per heavy atom. The fourth-order valence-corrected chi connectivity index (χ4v) is 3.13. The molecule has 2 aliphatic rings. The molecule has 2 aliphatic heterocycles. The highest BCUT2D eigenvalue weighted by Crippen LogP contribution is 2.44. The van der Waals surface area contributed by atoms with Gasteiger partial charge in [0.15, 0.2) is 6.10 Å². The molecule has 0 saturated carbocycles. The topological polar surface area (TPSA) is 76.2 Å². The number of amides is 2. The molecule has 7 nitrogen and oxygen atoms in total. The van der Waals surface area contributed by atoms with Gasteiger partial charge in [0.2, 0.25) is 5.91 Å². The van der Waals surface area contributed by atoms with E-state index in [-0.39, 0.29) is 30.7 Å². The first kappa shape index (κ1) is 15.6. The first-order valence-electron chi connectivity index (χ1n) is 7.41. The molecule has 0 aliphatic carbocycles. The number of hydrogen-bond acceptors (Lipinski definition) is 6. The van der Waals surface area contributed by atoms with Crippen molar-refractivity contribution in [2.45, 2.75) is 18.6 Å². The first-order chi connectivity index (χ1) is 11.0. The molecule has 1 aromatic rings. The zero-order chi connectivity index (χ0) is 16.6. The number of nitrogens with zero attached hydrogens (tertiary/aromatic N) is 2. The van der Waals surface area contributed by atoms with Crippen LogP contribution in [0.4, 0.5) is 0 Å². The summed E-state index contributed by atoms with van der Waals surface area (Å²) in [5, 5.41) is 1.56. The van der Waals surface area contributed by atoms with Crippen LogP contribution in [0.2, 0.25) is 0 Å². The molecule has 0 unspecified atom stereocenters. The molecule has 0 bridgehead atoms. The van der Waals surface area contributed by atoms with Crippen molar-refractivity contribution in [3.63, 3.8) is 0 Å². The van der Waals surface area contributed by atoms with Gasteiger partial charge in [0.25, 0.3) is 5.91 Å². The summed E-state index contributed by atoms with van der Waals surface area (Å²) in [5.74, 6) is -1.56. The van der Waals surface area contributed by atoms with Crippen LogP contribution in [-0.4, -0.2) is 54.6 Å². The van der Waals surface area contributed by atoms with Crippen molar-refractivity contribution in [3.05, 3.63) is 35.9 Å². The number of carbonyl (C=O) groups is 3. The van der Waals surface area contributed by atoms with Crippen LogP contribution in [0, 0.1) is 5.92 Å². The van der Waals surface area contributed by atoms with Gasteiger partial charge in [0.1, 0.15) is 0 Å². The summed E-state index contributed by atoms with van der Waals surface area (Å²) in [7, 11) is 2.78. The summed E-state index contributed by atoms with van der Waals surface area (Å²) in [6.07, 6.45) is -0.701. The number of ether oxygens (including phenoxy) is 1. The number of hydrogen-bond donors (Lipinski definition) is 0. The van der Waals surface area contributed by atoms with Gasteiger partial charge >= 0.3 is 5.97 Å². The smallest absolute Gasteiger partial charge is 0.306 e. The van der Waals surface area contributed by atoms with E-state index in [1.807, 2.05) is 30.3 Å². The second kappa shape index (κ2) is 6.10. The molecule has 2 saturated heterocycles. The number of rotatable bonds is 4. The molecular formula is C16H18N2O5. The van der Waals surface area contributed by atoms with Gasteiger partial charge in [0, 0.05) is 13.6 Å². The Hall–Kier alpha value is -2.25. The number of fused-ring (bicyclic) bond motifs is 1. The average Bonchev–Trinajstić information content (AvgIpc) is 3.05. The summed E-state index contributed by atoms with van der Waals surface area (Å²) < 4.78 is 4.64. The third kappa shape index (κ3) is 2.62. The van der Waals surface area contributed by atoms with E-state index in [0.717, 1.165) is 10.5 Å². The van der Waals surface area contributed by atoms with Gasteiger partial charge < -0.3 is 4.74 Å². The molecule has 2 amide bonds. The maximum Gasteiger partial charge on any atom is 0.306 e. The lowest BCUT2D eigenvalue weighted by atomic mass is 9.91. The van der Waals surface area contributed by atoms with Crippen LogP contribution < -0.4 is 0 Å². The number of carbonyl (C=O) groups excluding carboxylic acids is 3. The Bertz CT molecular complexity index is 633. The van der Waals surface area contributed by atoms with Crippen LogP contribution >= 0.6 is 0 Å². The highest BCUT2D eigenvalue weighted by atomic mass is 16.7. The second-order valence-corrected chi connectivity index (χ2v) is 5.61. The van der Waals surface area contributed by atoms with Gasteiger partial charge in [0.05, 0.1) is 25.5 Å². The van der Waals surface area contributed by atoms with Gasteiger partial charge in [-0.2, -0.15) is 5.06 Å². The molecular weight excluding hydrogens is 300 g/mol. The van der Waals surface area contributed by atoms with Crippen LogP contribution in [0.25, 0.3) is 0 Å². The summed E-state index contributed by atoms with van der Waals surface area (Å²) in [6.45, 7) is 0.253. The quantitative estimate of drug-likeness (QED) is 0.595. The molecule has 2 fully saturated rings. The Morgan fingerprint density at radius 2 is 1.91 bits per heavy atom. The minimum Gasteiger partial charge on any atom is -0.469 e. The molecule has 1 aromatic carbocycles. The first-order valence-corrected chi connectivity index (χ1v) is 7.41. The van der Waals surface area contributed by atoms with E-state index < -0.39 is 18.1 Å². The average molecular weight is 318 g/mol. The Balaban J connectivity index is 1.89. The number of likely N-dealkylation sites (N-methyl/N-ethyl adjacent to an activating group) is 1. The zero-order valence-corrected chi connectivity index (χ0v) is 13.0. The minimum absolute atomic E-state index is 0.123. The number of methoxy groups -OCH3 is 1. The van der Waals surface area contributed by atoms with Crippen molar-refractivity contribution in [2.75, 3.05) is 20.7 Å². The normalized spacial score (nSPS) is 27.4. The third-order valence-electron chi connectivity index (χ3n) is 4.32. The molecule has 0 aromatic heterocycles. The number of benzene rings is 1. The zero-order valence-electron chi connectivity index (χ0n) is 13.0. The molecule has 7 heteroatoms. The molecule has 0 spiro atoms. The minimum atomic E-state index is -0.824. The monoisotopic (exact) mass is 318 g/mol. The van der Waals surface area contributed by atoms with E-state index in [0.29, 0.717) is 0 Å². The Morgan fingerprint density at radius 3 is 2.57 bits per heavy atom. The van der Waals surface area contributed by atoms with E-state index in [4.69, 9.17) is 4.84 Å². The van der Waals surface area contributed by atoms with E-state index in [1.165, 1.54) is 14.2 Å². The molecule has 3 atom stereocenters. The standard InChI is InChI=1S/C16H18N2O5/c1-17-15(20)12-13(10-6-4-3-5-7-10)18(9-8-11(19)22-2)23-14(12)16(17)21/h3-7,12-14H,8-9H2,1-2H3/t12-,13+,14+/m0/s1. The largest absolute Gasteiger partial charge is 0.469 e. The fraction of sp³-hybridized carbons (Fsp3) is 0.438. The maximum absolute atomic E-state index is 12.4. The van der Waals surface area contributed by atoms with Gasteiger partial charge in [-0.15, -0.1) is 0 Å². The molecule has 2 heterocycles. The van der Waals surface area contributed by atoms with Crippen LogP contribution in [0.3, 0.4) is 0 Å². The van der Waals surface area contributed by atoms with Crippen molar-refractivity contribution in [1.82, 2.24) is 9.96 Å². The number of hydroxylamine groups is 2. The third-order valence-corrected chi connectivity index (χ3v) is 4.32. The lowest BCUT2D eigenvalue weighted by Crippen LogP contribution is -2.35. The Kier molecular flexibility index (Phi) is 4.14. The van der Waals surface area contributed by atoms with Crippen molar-refractivity contribution in [2.24, 2.45) is 5.92 Å². The number of likely N-dealkylation sites (tertiary alicyclic amines) is 1. The SMILES string of the molecule is COC(=O)CCN1O[C@H]2C(=O)N(C)C(=O)[C@H]2[C@H]1c1ccccc1. The van der Waals surface area contributed by atoms with Crippen molar-refractivity contribution >= 4 is 17.8 Å². The van der Waals surface area contributed by atoms with E-state index in [9.17, 15) is 14.4 Å². The van der Waals surface area contributed by atoms with Crippen LogP contribution in [-0.2, 0) is 24.0 Å². The van der Waals surface area contributed by atoms with Crippen molar-refractivity contribution < 1.29 is 24.0 Å². The van der Waals surface area contributed by atoms with E-state index >= 15 is 0 Å². The lowest BCUT2D eigenvalue weighted by molar-refractivity contribution is -0.181. The van der Waals surface area contributed by atoms with Crippen LogP contribution in [0.1, 0.15) is 18.0 Å². The Labute approximate surface area is 133 Å². The van der Waals surface area contributed by atoms with Crippen LogP contribution in [0.15, 0.2) is 30.3 Å². The summed E-state index contributed by atoms with van der Waals surface area (Å²) in [6, 6.07) is 8.99. The second-order valence-electron chi connectivity index (χ2n) is 5.61. The summed E-state index contributed by atoms with van der Waals surface area (Å²) in [5.41, 5.74) is 0.876. The van der Waals surface area contributed by atoms with Gasteiger partial charge in [-0.1, -0.05) is 30.3 Å². The van der Waals surface area contributed by atoms with Crippen molar-refractivity contribution in [1.29, 1.82) is 0 Å². The fourth-order valence-electron chi connectivity index (χ4n) is 3.13. The molecule has 122 valence electrons. The summed E-state index contributed by atoms with van der Waals surface area (Å²) >= 11 is 0. The summed E-state index contributed by atoms with van der Waals surface area (Å²) in [4.78, 5) is 42.8. The van der Waals surface area contributed by atoms with E-state index in [1.54, 1.807) is 5.06 Å². The predicted octanol–water partition coefficient (Wildman–Crippen LogP) is 0.521. The van der Waals surface area contributed by atoms with Crippen LogP contribution in [0.5, 0.6) is 0 Å². The lowest BCUT2D eigenvalue weighted by Gasteiger charge is -2.26. The number of esters is 1.